The number of fused-ring (bicyclic) bond motifs is 2. The van der Waals surface area contributed by atoms with Crippen LogP contribution in [0.5, 0.6) is 0 Å². The molecule has 26 heavy (non-hydrogen) atoms. The molecule has 0 spiro atoms. The molecule has 1 heterocycles. The second-order valence-corrected chi connectivity index (χ2v) is 10.7. The van der Waals surface area contributed by atoms with Gasteiger partial charge in [-0.3, -0.25) is 14.5 Å². The zero-order valence-corrected chi connectivity index (χ0v) is 16.5. The molecule has 2 amide bonds. The quantitative estimate of drug-likeness (QED) is 0.711. The molecule has 2 aliphatic carbocycles. The van der Waals surface area contributed by atoms with Crippen molar-refractivity contribution in [2.75, 3.05) is 0 Å². The lowest BCUT2D eigenvalue weighted by atomic mass is 9.74. The first-order chi connectivity index (χ1) is 12.2. The van der Waals surface area contributed by atoms with Crippen molar-refractivity contribution < 1.29 is 9.59 Å². The number of rotatable bonds is 2. The predicted molar refractivity (Wildman–Crippen MR) is 106 cm³/mol. The lowest BCUT2D eigenvalue weighted by Gasteiger charge is -2.39. The highest BCUT2D eigenvalue weighted by molar-refractivity contribution is 8.01. The Morgan fingerprint density at radius 2 is 1.69 bits per heavy atom. The van der Waals surface area contributed by atoms with E-state index >= 15 is 0 Å². The van der Waals surface area contributed by atoms with Gasteiger partial charge in [-0.25, -0.2) is 0 Å². The van der Waals surface area contributed by atoms with Crippen LogP contribution in [0.15, 0.2) is 48.6 Å². The van der Waals surface area contributed by atoms with Crippen LogP contribution < -0.4 is 0 Å². The molecule has 4 atom stereocenters. The molecular weight excluding hydrogens is 342 g/mol. The maximum atomic E-state index is 13.1. The summed E-state index contributed by atoms with van der Waals surface area (Å²) in [5.41, 5.74) is 0.866. The normalized spacial score (nSPS) is 32.9. The molecule has 4 heteroatoms. The summed E-state index contributed by atoms with van der Waals surface area (Å²) in [6, 6.07) is 7.08. The van der Waals surface area contributed by atoms with Gasteiger partial charge in [0.05, 0.1) is 17.2 Å². The lowest BCUT2D eigenvalue weighted by molar-refractivity contribution is 0.0494. The number of amides is 2. The van der Waals surface area contributed by atoms with Crippen molar-refractivity contribution in [3.05, 3.63) is 59.7 Å². The van der Waals surface area contributed by atoms with Crippen molar-refractivity contribution in [1.29, 1.82) is 0 Å². The van der Waals surface area contributed by atoms with Gasteiger partial charge in [0.15, 0.2) is 0 Å². The first-order valence-corrected chi connectivity index (χ1v) is 10.1. The van der Waals surface area contributed by atoms with E-state index < -0.39 is 0 Å². The zero-order chi connectivity index (χ0) is 18.7. The van der Waals surface area contributed by atoms with E-state index in [0.29, 0.717) is 22.3 Å². The minimum Gasteiger partial charge on any atom is -0.270 e. The summed E-state index contributed by atoms with van der Waals surface area (Å²) in [6.07, 6.45) is 9.47. The molecule has 1 aromatic carbocycles. The largest absolute Gasteiger partial charge is 0.270 e. The molecule has 1 fully saturated rings. The third-order valence-corrected chi connectivity index (χ3v) is 7.31. The smallest absolute Gasteiger partial charge is 0.261 e. The molecule has 0 radical (unpaired) electrons. The lowest BCUT2D eigenvalue weighted by Crippen LogP contribution is -2.47. The Kier molecular flexibility index (Phi) is 3.96. The average molecular weight is 368 g/mol. The highest BCUT2D eigenvalue weighted by Crippen LogP contribution is 2.55. The first kappa shape index (κ1) is 17.6. The first-order valence-electron chi connectivity index (χ1n) is 9.23. The molecule has 3 aliphatic rings. The third kappa shape index (κ3) is 2.58. The summed E-state index contributed by atoms with van der Waals surface area (Å²) < 4.78 is 0.136. The highest BCUT2D eigenvalue weighted by Gasteiger charge is 2.56. The van der Waals surface area contributed by atoms with Crippen molar-refractivity contribution in [3.63, 3.8) is 0 Å². The van der Waals surface area contributed by atoms with Crippen LogP contribution in [-0.4, -0.2) is 32.8 Å². The molecule has 0 N–H and O–H groups in total. The summed E-state index contributed by atoms with van der Waals surface area (Å²) in [5.74, 6) is 0.0471. The van der Waals surface area contributed by atoms with Gasteiger partial charge in [0.2, 0.25) is 0 Å². The Morgan fingerprint density at radius 1 is 1.08 bits per heavy atom. The second-order valence-electron chi connectivity index (χ2n) is 8.68. The van der Waals surface area contributed by atoms with Crippen LogP contribution in [0.4, 0.5) is 0 Å². The molecule has 136 valence electrons. The monoisotopic (exact) mass is 367 g/mol. The van der Waals surface area contributed by atoms with Crippen LogP contribution >= 0.6 is 11.8 Å². The van der Waals surface area contributed by atoms with Gasteiger partial charge in [-0.15, -0.1) is 0 Å². The summed E-state index contributed by atoms with van der Waals surface area (Å²) in [4.78, 5) is 27.7. The molecule has 0 saturated heterocycles. The highest BCUT2D eigenvalue weighted by atomic mass is 32.2. The predicted octanol–water partition coefficient (Wildman–Crippen LogP) is 4.70. The van der Waals surface area contributed by atoms with E-state index in [-0.39, 0.29) is 28.0 Å². The van der Waals surface area contributed by atoms with Gasteiger partial charge in [-0.1, -0.05) is 64.1 Å². The van der Waals surface area contributed by atoms with E-state index in [1.54, 1.807) is 17.0 Å². The third-order valence-electron chi connectivity index (χ3n) is 5.82. The minimum absolute atomic E-state index is 0.110. The Morgan fingerprint density at radius 3 is 2.27 bits per heavy atom. The molecular formula is C22H25NO2S. The molecule has 4 rings (SSSR count). The number of hydrogen-bond acceptors (Lipinski definition) is 3. The van der Waals surface area contributed by atoms with E-state index in [4.69, 9.17) is 0 Å². The fourth-order valence-electron chi connectivity index (χ4n) is 4.69. The van der Waals surface area contributed by atoms with E-state index in [9.17, 15) is 9.59 Å². The minimum atomic E-state index is -0.217. The Bertz CT molecular complexity index is 800. The van der Waals surface area contributed by atoms with Gasteiger partial charge in [0.25, 0.3) is 11.8 Å². The summed E-state index contributed by atoms with van der Waals surface area (Å²) in [5, 5.41) is 0.385. The fourth-order valence-corrected chi connectivity index (χ4v) is 6.41. The van der Waals surface area contributed by atoms with Gasteiger partial charge in [0, 0.05) is 15.4 Å². The number of carbonyl (C=O) groups excluding carboxylic acids is 2. The molecule has 0 bridgehead atoms. The van der Waals surface area contributed by atoms with Crippen LogP contribution in [0, 0.1) is 11.3 Å². The molecule has 1 aliphatic heterocycles. The maximum Gasteiger partial charge on any atom is 0.261 e. The standard InChI is InChI=1S/C22H25NO2S/c1-21(2,3)26-17-13-18(22(4)12-8-7-11-16(17)22)23-19(24)14-9-5-6-10-15(14)20(23)25/h5-12,16-18H,13H2,1-4H3. The van der Waals surface area contributed by atoms with Gasteiger partial charge in [0.1, 0.15) is 0 Å². The SMILES string of the molecule is CC(C)(C)SC1CC(N2C(=O)c3ccccc3C2=O)C2(C)C=CC=CC12. The summed E-state index contributed by atoms with van der Waals surface area (Å²) in [7, 11) is 0. The van der Waals surface area contributed by atoms with Gasteiger partial charge < -0.3 is 0 Å². The molecule has 1 saturated carbocycles. The zero-order valence-electron chi connectivity index (χ0n) is 15.7. The number of carbonyl (C=O) groups is 2. The van der Waals surface area contributed by atoms with E-state index in [2.05, 4.69) is 52.0 Å². The van der Waals surface area contributed by atoms with Crippen LogP contribution in [-0.2, 0) is 0 Å². The maximum absolute atomic E-state index is 13.1. The van der Waals surface area contributed by atoms with Crippen LogP contribution in [0.2, 0.25) is 0 Å². The van der Waals surface area contributed by atoms with Crippen LogP contribution in [0.25, 0.3) is 0 Å². The number of imide groups is 1. The number of allylic oxidation sites excluding steroid dienone is 3. The fraction of sp³-hybridized carbons (Fsp3) is 0.455. The average Bonchev–Trinajstić information content (AvgIpc) is 2.99. The number of hydrogen-bond donors (Lipinski definition) is 0. The van der Waals surface area contributed by atoms with E-state index in [1.165, 1.54) is 0 Å². The summed E-state index contributed by atoms with van der Waals surface area (Å²) in [6.45, 7) is 8.89. The van der Waals surface area contributed by atoms with Gasteiger partial charge >= 0.3 is 0 Å². The van der Waals surface area contributed by atoms with Crippen LogP contribution in [0.3, 0.4) is 0 Å². The van der Waals surface area contributed by atoms with Crippen molar-refractivity contribution >= 4 is 23.6 Å². The Balaban J connectivity index is 1.73. The second kappa shape index (κ2) is 5.85. The topological polar surface area (TPSA) is 37.4 Å². The van der Waals surface area contributed by atoms with Crippen molar-refractivity contribution in [1.82, 2.24) is 4.90 Å². The molecule has 1 aromatic rings. The van der Waals surface area contributed by atoms with Crippen molar-refractivity contribution in [2.45, 2.75) is 50.2 Å². The van der Waals surface area contributed by atoms with Gasteiger partial charge in [-0.2, -0.15) is 11.8 Å². The number of thioether (sulfide) groups is 1. The number of benzene rings is 1. The molecule has 0 aromatic heterocycles. The molecule has 4 unspecified atom stereocenters. The Labute approximate surface area is 159 Å². The van der Waals surface area contributed by atoms with Crippen molar-refractivity contribution in [2.24, 2.45) is 11.3 Å². The Hall–Kier alpha value is -1.81. The number of nitrogens with zero attached hydrogens (tertiary/aromatic N) is 1. The van der Waals surface area contributed by atoms with E-state index in [1.807, 2.05) is 23.9 Å². The van der Waals surface area contributed by atoms with Gasteiger partial charge in [-0.05, 0) is 24.5 Å². The summed E-state index contributed by atoms with van der Waals surface area (Å²) >= 11 is 1.96. The van der Waals surface area contributed by atoms with E-state index in [0.717, 1.165) is 6.42 Å². The molecule has 3 nitrogen and oxygen atoms in total. The van der Waals surface area contributed by atoms with Crippen molar-refractivity contribution in [3.8, 4) is 0 Å². The van der Waals surface area contributed by atoms with Crippen LogP contribution in [0.1, 0.15) is 54.8 Å².